The quantitative estimate of drug-likeness (QED) is 0.153. The number of rotatable bonds is 7. The van der Waals surface area contributed by atoms with E-state index in [0.29, 0.717) is 0 Å². The zero-order chi connectivity index (χ0) is 35.8. The van der Waals surface area contributed by atoms with Crippen molar-refractivity contribution in [3.05, 3.63) is 193 Å². The molecule has 0 aliphatic carbocycles. The normalized spacial score (nSPS) is 11.3. The van der Waals surface area contributed by atoms with E-state index in [1.807, 2.05) is 23.2 Å². The van der Waals surface area contributed by atoms with Gasteiger partial charge in [-0.3, -0.25) is 0 Å². The Morgan fingerprint density at radius 3 is 1.19 bits per heavy atom. The van der Waals surface area contributed by atoms with Crippen LogP contribution >= 0.6 is 22.7 Å². The third-order valence-corrected chi connectivity index (χ3v) is 11.8. The van der Waals surface area contributed by atoms with Crippen LogP contribution in [0.2, 0.25) is 0 Å². The molecule has 0 aliphatic heterocycles. The Morgan fingerprint density at radius 1 is 0.278 bits per heavy atom. The third-order valence-electron chi connectivity index (χ3n) is 10.2. The molecule has 4 heteroatoms. The van der Waals surface area contributed by atoms with E-state index in [9.17, 15) is 0 Å². The maximum atomic E-state index is 4.66. The van der Waals surface area contributed by atoms with Gasteiger partial charge in [0.2, 0.25) is 0 Å². The molecule has 0 spiro atoms. The van der Waals surface area contributed by atoms with Crippen LogP contribution in [0.1, 0.15) is 0 Å². The highest BCUT2D eigenvalue weighted by atomic mass is 32.1. The Labute approximate surface area is 322 Å². The predicted octanol–water partition coefficient (Wildman–Crippen LogP) is 14.6. The number of fused-ring (bicyclic) bond motifs is 2. The van der Waals surface area contributed by atoms with Crippen molar-refractivity contribution in [2.24, 2.45) is 0 Å². The molecule has 2 heterocycles. The van der Waals surface area contributed by atoms with Crippen LogP contribution in [0.5, 0.6) is 0 Å². The van der Waals surface area contributed by atoms with E-state index in [4.69, 9.17) is 0 Å². The first-order chi connectivity index (χ1) is 26.8. The molecule has 10 aromatic rings. The summed E-state index contributed by atoms with van der Waals surface area (Å²) in [7, 11) is 0. The summed E-state index contributed by atoms with van der Waals surface area (Å²) in [6, 6.07) is 62.1. The zero-order valence-electron chi connectivity index (χ0n) is 29.2. The van der Waals surface area contributed by atoms with Gasteiger partial charge >= 0.3 is 0 Å². The lowest BCUT2D eigenvalue weighted by molar-refractivity contribution is 1.41. The average Bonchev–Trinajstić information content (AvgIpc) is 4.00. The lowest BCUT2D eigenvalue weighted by Crippen LogP contribution is -1.93. The van der Waals surface area contributed by atoms with Gasteiger partial charge < -0.3 is 0 Å². The highest BCUT2D eigenvalue weighted by molar-refractivity contribution is 7.13. The molecular weight excluding hydrogens is 693 g/mol. The van der Waals surface area contributed by atoms with Crippen LogP contribution < -0.4 is 0 Å². The van der Waals surface area contributed by atoms with Crippen LogP contribution in [0.25, 0.3) is 98.3 Å². The second-order valence-electron chi connectivity index (χ2n) is 13.4. The molecule has 0 amide bonds. The Balaban J connectivity index is 1.27. The number of thiazole rings is 2. The molecule has 0 saturated heterocycles. The summed E-state index contributed by atoms with van der Waals surface area (Å²) in [5, 5.41) is 11.0. The molecule has 0 atom stereocenters. The van der Waals surface area contributed by atoms with Gasteiger partial charge in [-0.15, -0.1) is 22.7 Å². The van der Waals surface area contributed by atoms with Crippen molar-refractivity contribution in [2.45, 2.75) is 0 Å². The number of hydrogen-bond donors (Lipinski definition) is 0. The van der Waals surface area contributed by atoms with Gasteiger partial charge in [0.05, 0.1) is 0 Å². The summed E-state index contributed by atoms with van der Waals surface area (Å²) in [6.45, 7) is 0. The molecule has 54 heavy (non-hydrogen) atoms. The molecule has 0 fully saturated rings. The maximum absolute atomic E-state index is 4.66. The van der Waals surface area contributed by atoms with Gasteiger partial charge in [-0.2, -0.15) is 0 Å². The Morgan fingerprint density at radius 2 is 0.685 bits per heavy atom. The van der Waals surface area contributed by atoms with E-state index < -0.39 is 0 Å². The largest absolute Gasteiger partial charge is 0.245 e. The van der Waals surface area contributed by atoms with E-state index in [-0.39, 0.29) is 0 Å². The lowest BCUT2D eigenvalue weighted by atomic mass is 9.84. The topological polar surface area (TPSA) is 25.8 Å². The fourth-order valence-corrected chi connectivity index (χ4v) is 8.99. The molecule has 0 radical (unpaired) electrons. The third kappa shape index (κ3) is 5.92. The van der Waals surface area contributed by atoms with Gasteiger partial charge in [0.1, 0.15) is 10.0 Å². The van der Waals surface area contributed by atoms with Gasteiger partial charge in [-0.1, -0.05) is 133 Å². The summed E-state index contributed by atoms with van der Waals surface area (Å²) >= 11 is 3.34. The lowest BCUT2D eigenvalue weighted by Gasteiger charge is -2.19. The van der Waals surface area contributed by atoms with E-state index in [1.165, 1.54) is 77.2 Å². The van der Waals surface area contributed by atoms with Crippen LogP contribution in [0, 0.1) is 0 Å². The van der Waals surface area contributed by atoms with Gasteiger partial charge in [-0.05, 0) is 114 Å². The molecule has 0 aliphatic rings. The van der Waals surface area contributed by atoms with Crippen LogP contribution in [-0.2, 0) is 0 Å². The summed E-state index contributed by atoms with van der Waals surface area (Å²) in [5.41, 5.74) is 14.2. The molecule has 2 aromatic heterocycles. The van der Waals surface area contributed by atoms with Crippen molar-refractivity contribution >= 4 is 44.2 Å². The highest BCUT2D eigenvalue weighted by Crippen LogP contribution is 2.46. The second-order valence-corrected chi connectivity index (χ2v) is 15.2. The van der Waals surface area contributed by atoms with Crippen molar-refractivity contribution in [2.75, 3.05) is 0 Å². The SMILES string of the molecule is c1ccc(-c2cc(-c3ccccc3)cc(-c3ccc4c(-c5cccc(-c6nccs6)c5)c5ccccc5c(-c5cccc(-c6nccs6)c5)c4c3)c2)cc1. The maximum Gasteiger partial charge on any atom is 0.123 e. The zero-order valence-corrected chi connectivity index (χ0v) is 30.8. The fourth-order valence-electron chi connectivity index (χ4n) is 7.72. The van der Waals surface area contributed by atoms with E-state index in [0.717, 1.165) is 21.1 Å². The molecule has 0 N–H and O–H groups in total. The molecule has 8 aromatic carbocycles. The van der Waals surface area contributed by atoms with Gasteiger partial charge in [-0.25, -0.2) is 9.97 Å². The minimum Gasteiger partial charge on any atom is -0.245 e. The monoisotopic (exact) mass is 724 g/mol. The van der Waals surface area contributed by atoms with Crippen molar-refractivity contribution in [3.63, 3.8) is 0 Å². The molecule has 0 saturated carbocycles. The minimum atomic E-state index is 1.02. The molecule has 0 bridgehead atoms. The first-order valence-electron chi connectivity index (χ1n) is 18.0. The van der Waals surface area contributed by atoms with Gasteiger partial charge in [0.25, 0.3) is 0 Å². The fraction of sp³-hybridized carbons (Fsp3) is 0. The van der Waals surface area contributed by atoms with Crippen molar-refractivity contribution < 1.29 is 0 Å². The number of hydrogen-bond acceptors (Lipinski definition) is 4. The summed E-state index contributed by atoms with van der Waals surface area (Å²) in [6.07, 6.45) is 3.76. The van der Waals surface area contributed by atoms with Crippen molar-refractivity contribution in [3.8, 4) is 76.8 Å². The van der Waals surface area contributed by atoms with E-state index in [1.54, 1.807) is 22.7 Å². The summed E-state index contributed by atoms with van der Waals surface area (Å²) < 4.78 is 0. The number of benzene rings is 8. The number of nitrogens with zero attached hydrogens (tertiary/aromatic N) is 2. The predicted molar refractivity (Wildman–Crippen MR) is 231 cm³/mol. The molecule has 10 rings (SSSR count). The number of aromatic nitrogens is 2. The second kappa shape index (κ2) is 13.8. The molecule has 254 valence electrons. The van der Waals surface area contributed by atoms with Gasteiger partial charge in [0.15, 0.2) is 0 Å². The van der Waals surface area contributed by atoms with Crippen molar-refractivity contribution in [1.82, 2.24) is 9.97 Å². The van der Waals surface area contributed by atoms with Crippen LogP contribution in [-0.4, -0.2) is 9.97 Å². The Kier molecular flexibility index (Phi) is 8.25. The van der Waals surface area contributed by atoms with E-state index >= 15 is 0 Å². The Bertz CT molecular complexity index is 2860. The standard InChI is InChI=1S/C50H32N2S2/c1-3-11-33(12-4-1)40-29-41(34-13-5-2-6-14-34)31-42(30-40)35-21-22-45-46(32-35)48(37-16-10-18-39(28-37)50-52-24-26-54-50)44-20-8-7-19-43(44)47(45)36-15-9-17-38(27-36)49-51-23-25-53-49/h1-32H. The Hall–Kier alpha value is -6.46. The van der Waals surface area contributed by atoms with E-state index in [2.05, 4.69) is 180 Å². The summed E-state index contributed by atoms with van der Waals surface area (Å²) in [5.74, 6) is 0. The highest BCUT2D eigenvalue weighted by Gasteiger charge is 2.19. The van der Waals surface area contributed by atoms with Crippen LogP contribution in [0.15, 0.2) is 193 Å². The first kappa shape index (κ1) is 32.2. The van der Waals surface area contributed by atoms with Crippen LogP contribution in [0.3, 0.4) is 0 Å². The van der Waals surface area contributed by atoms with Crippen molar-refractivity contribution in [1.29, 1.82) is 0 Å². The van der Waals surface area contributed by atoms with Crippen LogP contribution in [0.4, 0.5) is 0 Å². The minimum absolute atomic E-state index is 1.02. The average molecular weight is 725 g/mol. The smallest absolute Gasteiger partial charge is 0.123 e. The first-order valence-corrected chi connectivity index (χ1v) is 19.8. The molecular formula is C50H32N2S2. The summed E-state index contributed by atoms with van der Waals surface area (Å²) in [4.78, 5) is 9.31. The van der Waals surface area contributed by atoms with Gasteiger partial charge in [0, 0.05) is 34.3 Å². The molecule has 0 unspecified atom stereocenters. The molecule has 2 nitrogen and oxygen atoms in total.